The van der Waals surface area contributed by atoms with Crippen LogP contribution in [-0.4, -0.2) is 11.2 Å². The molecule has 1 rings (SSSR count). The molecule has 1 heteroatoms. The lowest BCUT2D eigenvalue weighted by molar-refractivity contribution is 0.0635. The number of aliphatic hydroxyl groups is 1. The molecule has 0 saturated carbocycles. The average Bonchev–Trinajstić information content (AvgIpc) is 2.26. The molecule has 0 bridgehead atoms. The van der Waals surface area contributed by atoms with Gasteiger partial charge in [-0.1, -0.05) is 62.8 Å². The fraction of sp³-hybridized carbons (Fsp3) is 0.500. The van der Waals surface area contributed by atoms with Crippen molar-refractivity contribution < 1.29 is 5.11 Å². The Morgan fingerprint density at radius 1 is 1.24 bits per heavy atom. The van der Waals surface area contributed by atoms with E-state index in [1.54, 1.807) is 0 Å². The van der Waals surface area contributed by atoms with Gasteiger partial charge in [0.1, 0.15) is 0 Å². The highest BCUT2D eigenvalue weighted by Gasteiger charge is 2.21. The number of aliphatic hydroxyl groups excluding tert-OH is 1. The molecule has 0 aliphatic heterocycles. The van der Waals surface area contributed by atoms with Gasteiger partial charge in [0, 0.05) is 0 Å². The Bertz CT molecular complexity index is 357. The van der Waals surface area contributed by atoms with Crippen LogP contribution in [0, 0.1) is 5.41 Å². The van der Waals surface area contributed by atoms with E-state index in [0.29, 0.717) is 0 Å². The molecule has 0 radical (unpaired) electrons. The van der Waals surface area contributed by atoms with Gasteiger partial charge in [-0.2, -0.15) is 0 Å². The summed E-state index contributed by atoms with van der Waals surface area (Å²) in [6, 6.07) is 10.4. The van der Waals surface area contributed by atoms with E-state index >= 15 is 0 Å². The van der Waals surface area contributed by atoms with E-state index < -0.39 is 0 Å². The molecule has 0 heterocycles. The Morgan fingerprint density at radius 3 is 2.35 bits per heavy atom. The maximum atomic E-state index is 10.0. The maximum absolute atomic E-state index is 10.0. The van der Waals surface area contributed by atoms with Crippen LogP contribution in [0.25, 0.3) is 0 Å². The van der Waals surface area contributed by atoms with Gasteiger partial charge < -0.3 is 5.11 Å². The molecule has 1 aromatic carbocycles. The van der Waals surface area contributed by atoms with E-state index in [4.69, 9.17) is 0 Å². The number of hydrogen-bond donors (Lipinski definition) is 1. The van der Waals surface area contributed by atoms with E-state index in [9.17, 15) is 5.11 Å². The third-order valence-electron chi connectivity index (χ3n) is 3.04. The van der Waals surface area contributed by atoms with E-state index in [-0.39, 0.29) is 11.5 Å². The normalized spacial score (nSPS) is 14.8. The Hall–Kier alpha value is -1.08. The number of hydrogen-bond acceptors (Lipinski definition) is 1. The summed E-state index contributed by atoms with van der Waals surface area (Å²) in [6.45, 7) is 8.31. The van der Waals surface area contributed by atoms with Crippen molar-refractivity contribution in [2.24, 2.45) is 5.41 Å². The second-order valence-electron chi connectivity index (χ2n) is 5.83. The van der Waals surface area contributed by atoms with Gasteiger partial charge in [-0.05, 0) is 30.7 Å². The van der Waals surface area contributed by atoms with Gasteiger partial charge in [0.05, 0.1) is 6.10 Å². The summed E-state index contributed by atoms with van der Waals surface area (Å²) in [5, 5.41) is 10.0. The average molecular weight is 232 g/mol. The van der Waals surface area contributed by atoms with Crippen LogP contribution in [0.15, 0.2) is 42.0 Å². The molecule has 94 valence electrons. The van der Waals surface area contributed by atoms with Crippen molar-refractivity contribution in [3.8, 4) is 0 Å². The predicted molar refractivity (Wildman–Crippen MR) is 74.0 cm³/mol. The first-order valence-corrected chi connectivity index (χ1v) is 6.27. The summed E-state index contributed by atoms with van der Waals surface area (Å²) >= 11 is 0. The van der Waals surface area contributed by atoms with Gasteiger partial charge in [-0.25, -0.2) is 0 Å². The molecule has 0 aliphatic carbocycles. The Balaban J connectivity index is 2.51. The zero-order valence-corrected chi connectivity index (χ0v) is 11.4. The van der Waals surface area contributed by atoms with Crippen LogP contribution in [0.3, 0.4) is 0 Å². The minimum Gasteiger partial charge on any atom is -0.392 e. The predicted octanol–water partition coefficient (Wildman–Crippen LogP) is 3.97. The van der Waals surface area contributed by atoms with Gasteiger partial charge >= 0.3 is 0 Å². The third-order valence-corrected chi connectivity index (χ3v) is 3.04. The molecule has 1 unspecified atom stereocenters. The summed E-state index contributed by atoms with van der Waals surface area (Å²) in [7, 11) is 0. The molecule has 1 atom stereocenters. The van der Waals surface area contributed by atoms with Gasteiger partial charge in [0.2, 0.25) is 0 Å². The van der Waals surface area contributed by atoms with E-state index in [0.717, 1.165) is 12.8 Å². The number of allylic oxidation sites excluding steroid dienone is 1. The Morgan fingerprint density at radius 2 is 1.82 bits per heavy atom. The monoisotopic (exact) mass is 232 g/mol. The summed E-state index contributed by atoms with van der Waals surface area (Å²) in [5.41, 5.74) is 2.54. The fourth-order valence-electron chi connectivity index (χ4n) is 1.60. The molecule has 0 saturated heterocycles. The zero-order chi connectivity index (χ0) is 12.9. The molecule has 1 nitrogen and oxygen atoms in total. The van der Waals surface area contributed by atoms with Crippen LogP contribution in [-0.2, 0) is 6.42 Å². The van der Waals surface area contributed by atoms with Crippen LogP contribution in [0.4, 0.5) is 0 Å². The van der Waals surface area contributed by atoms with Gasteiger partial charge in [0.25, 0.3) is 0 Å². The molecule has 0 aliphatic rings. The van der Waals surface area contributed by atoms with E-state index in [1.165, 1.54) is 11.1 Å². The molecule has 0 fully saturated rings. The van der Waals surface area contributed by atoms with Crippen LogP contribution >= 0.6 is 0 Å². The first-order valence-electron chi connectivity index (χ1n) is 6.27. The number of benzene rings is 1. The van der Waals surface area contributed by atoms with E-state index in [1.807, 2.05) is 6.07 Å². The smallest absolute Gasteiger partial charge is 0.0625 e. The van der Waals surface area contributed by atoms with Crippen molar-refractivity contribution in [2.75, 3.05) is 0 Å². The standard InChI is InChI=1S/C16H24O/c1-13(12-15(17)16(2,3)4)10-11-14-8-6-5-7-9-14/h5-10,15,17H,11-12H2,1-4H3/b13-10+. The van der Waals surface area contributed by atoms with Crippen molar-refractivity contribution in [2.45, 2.75) is 46.6 Å². The molecule has 0 aromatic heterocycles. The van der Waals surface area contributed by atoms with Crippen LogP contribution in [0.1, 0.15) is 39.7 Å². The van der Waals surface area contributed by atoms with Crippen molar-refractivity contribution in [1.82, 2.24) is 0 Å². The largest absolute Gasteiger partial charge is 0.392 e. The van der Waals surface area contributed by atoms with Gasteiger partial charge in [-0.3, -0.25) is 0 Å². The fourth-order valence-corrected chi connectivity index (χ4v) is 1.60. The lowest BCUT2D eigenvalue weighted by Gasteiger charge is -2.26. The maximum Gasteiger partial charge on any atom is 0.0625 e. The topological polar surface area (TPSA) is 20.2 Å². The van der Waals surface area contributed by atoms with Crippen LogP contribution < -0.4 is 0 Å². The lowest BCUT2D eigenvalue weighted by atomic mass is 9.85. The Kier molecular flexibility index (Phi) is 4.95. The second-order valence-corrected chi connectivity index (χ2v) is 5.83. The van der Waals surface area contributed by atoms with Gasteiger partial charge in [-0.15, -0.1) is 0 Å². The van der Waals surface area contributed by atoms with Gasteiger partial charge in [0.15, 0.2) is 0 Å². The SMILES string of the molecule is C/C(=C\Cc1ccccc1)CC(O)C(C)(C)C. The summed E-state index contributed by atoms with van der Waals surface area (Å²) in [5.74, 6) is 0. The summed E-state index contributed by atoms with van der Waals surface area (Å²) in [6.07, 6.45) is 3.65. The quantitative estimate of drug-likeness (QED) is 0.779. The van der Waals surface area contributed by atoms with E-state index in [2.05, 4.69) is 58.0 Å². The highest BCUT2D eigenvalue weighted by molar-refractivity contribution is 5.19. The van der Waals surface area contributed by atoms with Crippen molar-refractivity contribution in [3.63, 3.8) is 0 Å². The molecule has 17 heavy (non-hydrogen) atoms. The molecular formula is C16H24O. The molecule has 0 spiro atoms. The lowest BCUT2D eigenvalue weighted by Crippen LogP contribution is -2.26. The first-order chi connectivity index (χ1) is 7.89. The third kappa shape index (κ3) is 5.18. The highest BCUT2D eigenvalue weighted by atomic mass is 16.3. The molecule has 0 amide bonds. The zero-order valence-electron chi connectivity index (χ0n) is 11.4. The Labute approximate surface area is 105 Å². The highest BCUT2D eigenvalue weighted by Crippen LogP contribution is 2.24. The minimum atomic E-state index is -0.269. The van der Waals surface area contributed by atoms with Crippen molar-refractivity contribution >= 4 is 0 Å². The molecule has 1 aromatic rings. The van der Waals surface area contributed by atoms with Crippen molar-refractivity contribution in [3.05, 3.63) is 47.5 Å². The summed E-state index contributed by atoms with van der Waals surface area (Å²) in [4.78, 5) is 0. The molecular weight excluding hydrogens is 208 g/mol. The number of rotatable bonds is 4. The van der Waals surface area contributed by atoms with Crippen LogP contribution in [0.2, 0.25) is 0 Å². The minimum absolute atomic E-state index is 0.0398. The van der Waals surface area contributed by atoms with Crippen LogP contribution in [0.5, 0.6) is 0 Å². The summed E-state index contributed by atoms with van der Waals surface area (Å²) < 4.78 is 0. The van der Waals surface area contributed by atoms with Crippen molar-refractivity contribution in [1.29, 1.82) is 0 Å². The first kappa shape index (κ1) is 14.0. The molecule has 1 N–H and O–H groups in total. The second kappa shape index (κ2) is 6.02.